The first-order valence-corrected chi connectivity index (χ1v) is 7.52. The maximum atomic E-state index is 12.5. The number of methoxy groups -OCH3 is 1. The topological polar surface area (TPSA) is 62.4 Å². The lowest BCUT2D eigenvalue weighted by atomic mass is 10.1. The van der Waals surface area contributed by atoms with Gasteiger partial charge in [0.25, 0.3) is 11.7 Å². The van der Waals surface area contributed by atoms with Gasteiger partial charge in [0.2, 0.25) is 0 Å². The van der Waals surface area contributed by atoms with E-state index in [1.54, 1.807) is 24.3 Å². The summed E-state index contributed by atoms with van der Waals surface area (Å²) >= 11 is 0. The molecule has 1 heterocycles. The van der Waals surface area contributed by atoms with Crippen molar-refractivity contribution in [1.82, 2.24) is 9.88 Å². The number of fused-ring (bicyclic) bond motifs is 1. The number of aromatic amines is 1. The van der Waals surface area contributed by atoms with Crippen molar-refractivity contribution in [1.29, 1.82) is 0 Å². The number of nitrogens with zero attached hydrogens (tertiary/aromatic N) is 1. The quantitative estimate of drug-likeness (QED) is 0.659. The minimum atomic E-state index is -0.479. The van der Waals surface area contributed by atoms with Crippen LogP contribution in [0, 0.1) is 6.92 Å². The predicted octanol–water partition coefficient (Wildman–Crippen LogP) is 2.93. The van der Waals surface area contributed by atoms with Crippen LogP contribution in [0.4, 0.5) is 0 Å². The van der Waals surface area contributed by atoms with E-state index in [4.69, 9.17) is 4.74 Å². The molecule has 5 heteroatoms. The number of H-pyrrole nitrogens is 1. The fourth-order valence-electron chi connectivity index (χ4n) is 2.60. The van der Waals surface area contributed by atoms with Gasteiger partial charge in [0.1, 0.15) is 5.75 Å². The molecule has 0 spiro atoms. The lowest BCUT2D eigenvalue weighted by molar-refractivity contribution is -0.126. The average molecular weight is 302 g/mol. The van der Waals surface area contributed by atoms with Crippen molar-refractivity contribution in [2.45, 2.75) is 27.2 Å². The highest BCUT2D eigenvalue weighted by Gasteiger charge is 2.24. The van der Waals surface area contributed by atoms with Gasteiger partial charge < -0.3 is 14.6 Å². The number of benzene rings is 1. The number of rotatable bonds is 6. The van der Waals surface area contributed by atoms with Crippen LogP contribution in [-0.2, 0) is 4.79 Å². The van der Waals surface area contributed by atoms with Gasteiger partial charge in [-0.25, -0.2) is 0 Å². The highest BCUT2D eigenvalue weighted by Crippen LogP contribution is 2.27. The molecule has 0 fully saturated rings. The molecule has 118 valence electrons. The van der Waals surface area contributed by atoms with Gasteiger partial charge in [-0.3, -0.25) is 9.59 Å². The molecular formula is C17H22N2O3. The van der Waals surface area contributed by atoms with E-state index in [-0.39, 0.29) is 0 Å². The van der Waals surface area contributed by atoms with E-state index in [9.17, 15) is 9.59 Å². The van der Waals surface area contributed by atoms with Crippen LogP contribution in [0.1, 0.15) is 36.2 Å². The second-order valence-electron chi connectivity index (χ2n) is 5.28. The Morgan fingerprint density at radius 3 is 2.59 bits per heavy atom. The van der Waals surface area contributed by atoms with Crippen LogP contribution in [0.25, 0.3) is 10.9 Å². The first-order chi connectivity index (χ1) is 10.5. The summed E-state index contributed by atoms with van der Waals surface area (Å²) < 4.78 is 5.30. The minimum Gasteiger partial charge on any atom is -0.496 e. The van der Waals surface area contributed by atoms with E-state index >= 15 is 0 Å². The Morgan fingerprint density at radius 1 is 1.27 bits per heavy atom. The lowest BCUT2D eigenvalue weighted by Gasteiger charge is -2.18. The molecule has 0 saturated carbocycles. The Balaban J connectivity index is 2.41. The molecule has 0 saturated heterocycles. The number of hydrogen-bond donors (Lipinski definition) is 1. The molecule has 0 atom stereocenters. The number of ether oxygens (including phenoxy) is 1. The van der Waals surface area contributed by atoms with Crippen LogP contribution in [0.3, 0.4) is 0 Å². The molecule has 0 unspecified atom stereocenters. The average Bonchev–Trinajstić information content (AvgIpc) is 2.92. The molecule has 0 aliphatic heterocycles. The Bertz CT molecular complexity index is 703. The number of likely N-dealkylation sites (N-methyl/N-ethyl adjacent to an activating group) is 1. The maximum absolute atomic E-state index is 12.5. The number of Topliss-reactive ketones (excluding diaryl/α,β-unsaturated/α-hetero) is 1. The SMILES string of the molecule is CCCN(CC)C(=O)C(=O)c1c[nH]c2cc(C)c(OC)cc12. The highest BCUT2D eigenvalue weighted by atomic mass is 16.5. The van der Waals surface area contributed by atoms with Crippen molar-refractivity contribution in [3.05, 3.63) is 29.5 Å². The van der Waals surface area contributed by atoms with Crippen LogP contribution in [0.5, 0.6) is 5.75 Å². The number of amides is 1. The van der Waals surface area contributed by atoms with Crippen LogP contribution < -0.4 is 4.74 Å². The van der Waals surface area contributed by atoms with Gasteiger partial charge in [-0.2, -0.15) is 0 Å². The third-order valence-corrected chi connectivity index (χ3v) is 3.80. The molecule has 2 rings (SSSR count). The number of carbonyl (C=O) groups is 2. The monoisotopic (exact) mass is 302 g/mol. The Kier molecular flexibility index (Phi) is 4.85. The molecule has 1 aromatic heterocycles. The molecule has 0 radical (unpaired) electrons. The lowest BCUT2D eigenvalue weighted by Crippen LogP contribution is -2.36. The third-order valence-electron chi connectivity index (χ3n) is 3.80. The van der Waals surface area contributed by atoms with Crippen molar-refractivity contribution >= 4 is 22.6 Å². The van der Waals surface area contributed by atoms with Crippen LogP contribution in [0.15, 0.2) is 18.3 Å². The third kappa shape index (κ3) is 2.84. The van der Waals surface area contributed by atoms with E-state index in [1.807, 2.05) is 26.8 Å². The predicted molar refractivity (Wildman–Crippen MR) is 86.5 cm³/mol. The second-order valence-corrected chi connectivity index (χ2v) is 5.28. The van der Waals surface area contributed by atoms with Gasteiger partial charge in [0.05, 0.1) is 12.7 Å². The molecular weight excluding hydrogens is 280 g/mol. The van der Waals surface area contributed by atoms with Gasteiger partial charge in [0.15, 0.2) is 0 Å². The van der Waals surface area contributed by atoms with E-state index in [1.165, 1.54) is 0 Å². The molecule has 22 heavy (non-hydrogen) atoms. The van der Waals surface area contributed by atoms with Gasteiger partial charge >= 0.3 is 0 Å². The Labute approximate surface area is 130 Å². The van der Waals surface area contributed by atoms with Gasteiger partial charge in [-0.1, -0.05) is 6.92 Å². The number of carbonyl (C=O) groups excluding carboxylic acids is 2. The van der Waals surface area contributed by atoms with Gasteiger partial charge in [-0.15, -0.1) is 0 Å². The summed E-state index contributed by atoms with van der Waals surface area (Å²) in [6.07, 6.45) is 2.43. The Morgan fingerprint density at radius 2 is 2.00 bits per heavy atom. The van der Waals surface area contributed by atoms with Crippen LogP contribution in [0.2, 0.25) is 0 Å². The van der Waals surface area contributed by atoms with Crippen molar-refractivity contribution in [3.63, 3.8) is 0 Å². The molecule has 2 aromatic rings. The summed E-state index contributed by atoms with van der Waals surface area (Å²) in [5.74, 6) is -0.230. The van der Waals surface area contributed by atoms with Crippen LogP contribution >= 0.6 is 0 Å². The van der Waals surface area contributed by atoms with E-state index < -0.39 is 11.7 Å². The van der Waals surface area contributed by atoms with Crippen molar-refractivity contribution in [2.24, 2.45) is 0 Å². The number of hydrogen-bond acceptors (Lipinski definition) is 3. The van der Waals surface area contributed by atoms with Crippen LogP contribution in [-0.4, -0.2) is 41.8 Å². The maximum Gasteiger partial charge on any atom is 0.295 e. The zero-order valence-electron chi connectivity index (χ0n) is 13.5. The fourth-order valence-corrected chi connectivity index (χ4v) is 2.60. The number of aromatic nitrogens is 1. The van der Waals surface area contributed by atoms with Crippen molar-refractivity contribution < 1.29 is 14.3 Å². The standard InChI is InChI=1S/C17H22N2O3/c1-5-7-19(6-2)17(21)16(20)13-10-18-14-8-11(3)15(22-4)9-12(13)14/h8-10,18H,5-7H2,1-4H3. The van der Waals surface area contributed by atoms with E-state index in [0.717, 1.165) is 17.5 Å². The summed E-state index contributed by atoms with van der Waals surface area (Å²) in [4.78, 5) is 29.5. The van der Waals surface area contributed by atoms with Gasteiger partial charge in [0, 0.05) is 30.2 Å². The zero-order chi connectivity index (χ0) is 16.3. The normalized spacial score (nSPS) is 10.7. The summed E-state index contributed by atoms with van der Waals surface area (Å²) in [5, 5.41) is 0.716. The first-order valence-electron chi connectivity index (χ1n) is 7.52. The molecule has 5 nitrogen and oxygen atoms in total. The summed E-state index contributed by atoms with van der Waals surface area (Å²) in [7, 11) is 1.59. The molecule has 1 N–H and O–H groups in total. The smallest absolute Gasteiger partial charge is 0.295 e. The largest absolute Gasteiger partial charge is 0.496 e. The number of aryl methyl sites for hydroxylation is 1. The minimum absolute atomic E-state index is 0.396. The van der Waals surface area contributed by atoms with Gasteiger partial charge in [-0.05, 0) is 38.0 Å². The molecule has 0 aliphatic rings. The summed E-state index contributed by atoms with van der Waals surface area (Å²) in [5.41, 5.74) is 2.20. The molecule has 1 aromatic carbocycles. The van der Waals surface area contributed by atoms with E-state index in [2.05, 4.69) is 4.98 Å². The van der Waals surface area contributed by atoms with Crippen molar-refractivity contribution in [3.8, 4) is 5.75 Å². The van der Waals surface area contributed by atoms with E-state index in [0.29, 0.717) is 29.8 Å². The summed E-state index contributed by atoms with van der Waals surface area (Å²) in [6.45, 7) is 6.92. The van der Waals surface area contributed by atoms with Crippen molar-refractivity contribution in [2.75, 3.05) is 20.2 Å². The molecule has 0 aliphatic carbocycles. The Hall–Kier alpha value is -2.30. The molecule has 1 amide bonds. The number of ketones is 1. The highest BCUT2D eigenvalue weighted by molar-refractivity contribution is 6.44. The summed E-state index contributed by atoms with van der Waals surface area (Å²) in [6, 6.07) is 3.72. The molecule has 0 bridgehead atoms. The second kappa shape index (κ2) is 6.64. The fraction of sp³-hybridized carbons (Fsp3) is 0.412. The first kappa shape index (κ1) is 16.1. The number of nitrogens with one attached hydrogen (secondary N) is 1. The zero-order valence-corrected chi connectivity index (χ0v) is 13.5.